The van der Waals surface area contributed by atoms with Crippen LogP contribution in [-0.2, 0) is 11.3 Å². The number of hydrogen-bond acceptors (Lipinski definition) is 2. The van der Waals surface area contributed by atoms with Crippen LogP contribution in [0.1, 0.15) is 11.1 Å². The van der Waals surface area contributed by atoms with Crippen LogP contribution < -0.4 is 0 Å². The fourth-order valence-corrected chi connectivity index (χ4v) is 2.27. The van der Waals surface area contributed by atoms with Crippen molar-refractivity contribution in [1.29, 1.82) is 0 Å². The summed E-state index contributed by atoms with van der Waals surface area (Å²) in [6, 6.07) is 17.4. The predicted molar refractivity (Wildman–Crippen MR) is 84.8 cm³/mol. The van der Waals surface area contributed by atoms with Gasteiger partial charge in [-0.3, -0.25) is 4.90 Å². The summed E-state index contributed by atoms with van der Waals surface area (Å²) < 4.78 is 5.10. The summed E-state index contributed by atoms with van der Waals surface area (Å²) in [6.07, 6.45) is 0. The molecule has 106 valence electrons. The predicted octanol–water partition coefficient (Wildman–Crippen LogP) is 3.74. The van der Waals surface area contributed by atoms with Gasteiger partial charge in [0.05, 0.1) is 6.61 Å². The summed E-state index contributed by atoms with van der Waals surface area (Å²) in [5.74, 6) is 0. The summed E-state index contributed by atoms with van der Waals surface area (Å²) in [7, 11) is 3.86. The van der Waals surface area contributed by atoms with Crippen molar-refractivity contribution in [2.24, 2.45) is 0 Å². The molecular formula is C18H23NO. The molecule has 2 rings (SSSR count). The van der Waals surface area contributed by atoms with E-state index in [9.17, 15) is 0 Å². The molecule has 0 radical (unpaired) electrons. The molecule has 0 N–H and O–H groups in total. The van der Waals surface area contributed by atoms with E-state index in [-0.39, 0.29) is 0 Å². The third-order valence-corrected chi connectivity index (χ3v) is 3.43. The maximum absolute atomic E-state index is 5.10. The molecule has 0 fully saturated rings. The van der Waals surface area contributed by atoms with Crippen LogP contribution in [0.5, 0.6) is 0 Å². The molecule has 0 saturated carbocycles. The highest BCUT2D eigenvalue weighted by molar-refractivity contribution is 5.64. The standard InChI is InChI=1S/C18H23NO/c1-15-5-4-6-18(13-15)17-9-7-16(8-10-17)14-19(2)11-12-20-3/h4-10,13H,11-12,14H2,1-3H3. The second-order valence-corrected chi connectivity index (χ2v) is 5.30. The normalized spacial score (nSPS) is 11.0. The van der Waals surface area contributed by atoms with E-state index in [1.54, 1.807) is 7.11 Å². The van der Waals surface area contributed by atoms with E-state index in [1.165, 1.54) is 22.3 Å². The molecule has 2 heteroatoms. The van der Waals surface area contributed by atoms with Crippen LogP contribution in [0.2, 0.25) is 0 Å². The fraction of sp³-hybridized carbons (Fsp3) is 0.333. The molecule has 0 aromatic heterocycles. The van der Waals surface area contributed by atoms with Crippen LogP contribution in [0.4, 0.5) is 0 Å². The topological polar surface area (TPSA) is 12.5 Å². The molecule has 0 spiro atoms. The zero-order valence-electron chi connectivity index (χ0n) is 12.6. The first-order valence-corrected chi connectivity index (χ1v) is 7.02. The van der Waals surface area contributed by atoms with Gasteiger partial charge in [-0.25, -0.2) is 0 Å². The molecule has 0 aliphatic heterocycles. The number of rotatable bonds is 6. The largest absolute Gasteiger partial charge is 0.383 e. The first-order chi connectivity index (χ1) is 9.69. The molecule has 0 unspecified atom stereocenters. The lowest BCUT2D eigenvalue weighted by Crippen LogP contribution is -2.22. The van der Waals surface area contributed by atoms with Crippen molar-refractivity contribution in [2.75, 3.05) is 27.3 Å². The van der Waals surface area contributed by atoms with Gasteiger partial charge in [0, 0.05) is 20.2 Å². The summed E-state index contributed by atoms with van der Waals surface area (Å²) in [6.45, 7) is 4.81. The van der Waals surface area contributed by atoms with Gasteiger partial charge >= 0.3 is 0 Å². The van der Waals surface area contributed by atoms with Crippen molar-refractivity contribution < 1.29 is 4.74 Å². The smallest absolute Gasteiger partial charge is 0.0589 e. The fourth-order valence-electron chi connectivity index (χ4n) is 2.27. The zero-order chi connectivity index (χ0) is 14.4. The number of benzene rings is 2. The lowest BCUT2D eigenvalue weighted by molar-refractivity contribution is 0.158. The number of hydrogen-bond donors (Lipinski definition) is 0. The van der Waals surface area contributed by atoms with E-state index in [2.05, 4.69) is 67.4 Å². The highest BCUT2D eigenvalue weighted by atomic mass is 16.5. The first-order valence-electron chi connectivity index (χ1n) is 7.02. The SMILES string of the molecule is COCCN(C)Cc1ccc(-c2cccc(C)c2)cc1. The van der Waals surface area contributed by atoms with Crippen molar-refractivity contribution >= 4 is 0 Å². The minimum absolute atomic E-state index is 0.776. The van der Waals surface area contributed by atoms with Crippen LogP contribution in [0.3, 0.4) is 0 Å². The summed E-state index contributed by atoms with van der Waals surface area (Å²) in [5, 5.41) is 0. The Morgan fingerprint density at radius 2 is 1.75 bits per heavy atom. The van der Waals surface area contributed by atoms with Crippen LogP contribution >= 0.6 is 0 Å². The summed E-state index contributed by atoms with van der Waals surface area (Å²) in [4.78, 5) is 2.27. The minimum atomic E-state index is 0.776. The Morgan fingerprint density at radius 1 is 1.00 bits per heavy atom. The van der Waals surface area contributed by atoms with E-state index in [0.717, 1.165) is 19.7 Å². The minimum Gasteiger partial charge on any atom is -0.383 e. The monoisotopic (exact) mass is 269 g/mol. The van der Waals surface area contributed by atoms with Crippen LogP contribution in [-0.4, -0.2) is 32.2 Å². The van der Waals surface area contributed by atoms with Gasteiger partial charge in [-0.1, -0.05) is 54.1 Å². The third kappa shape index (κ3) is 4.19. The Morgan fingerprint density at radius 3 is 2.40 bits per heavy atom. The van der Waals surface area contributed by atoms with Gasteiger partial charge in [0.2, 0.25) is 0 Å². The van der Waals surface area contributed by atoms with Gasteiger partial charge in [0.25, 0.3) is 0 Å². The molecule has 0 aliphatic carbocycles. The molecule has 20 heavy (non-hydrogen) atoms. The van der Waals surface area contributed by atoms with Gasteiger partial charge in [-0.2, -0.15) is 0 Å². The highest BCUT2D eigenvalue weighted by Crippen LogP contribution is 2.21. The van der Waals surface area contributed by atoms with E-state index >= 15 is 0 Å². The molecule has 0 amide bonds. The van der Waals surface area contributed by atoms with Crippen molar-refractivity contribution in [1.82, 2.24) is 4.90 Å². The van der Waals surface area contributed by atoms with Gasteiger partial charge in [0.15, 0.2) is 0 Å². The summed E-state index contributed by atoms with van der Waals surface area (Å²) in [5.41, 5.74) is 5.19. The zero-order valence-corrected chi connectivity index (χ0v) is 12.6. The maximum Gasteiger partial charge on any atom is 0.0589 e. The van der Waals surface area contributed by atoms with Gasteiger partial charge in [-0.15, -0.1) is 0 Å². The quantitative estimate of drug-likeness (QED) is 0.792. The Balaban J connectivity index is 2.03. The van der Waals surface area contributed by atoms with Crippen molar-refractivity contribution in [2.45, 2.75) is 13.5 Å². The maximum atomic E-state index is 5.10. The van der Waals surface area contributed by atoms with Crippen molar-refractivity contribution in [3.05, 3.63) is 59.7 Å². The molecule has 2 aromatic carbocycles. The Labute approximate surface area is 122 Å². The number of nitrogens with zero attached hydrogens (tertiary/aromatic N) is 1. The van der Waals surface area contributed by atoms with E-state index < -0.39 is 0 Å². The number of likely N-dealkylation sites (N-methyl/N-ethyl adjacent to an activating group) is 1. The second kappa shape index (κ2) is 7.22. The summed E-state index contributed by atoms with van der Waals surface area (Å²) >= 11 is 0. The number of ether oxygens (including phenoxy) is 1. The molecule has 0 saturated heterocycles. The molecule has 0 atom stereocenters. The molecule has 0 heterocycles. The second-order valence-electron chi connectivity index (χ2n) is 5.30. The van der Waals surface area contributed by atoms with E-state index in [4.69, 9.17) is 4.74 Å². The Kier molecular flexibility index (Phi) is 5.33. The van der Waals surface area contributed by atoms with E-state index in [1.807, 2.05) is 0 Å². The van der Waals surface area contributed by atoms with Crippen molar-refractivity contribution in [3.63, 3.8) is 0 Å². The average Bonchev–Trinajstić information content (AvgIpc) is 2.46. The van der Waals surface area contributed by atoms with Crippen LogP contribution in [0.25, 0.3) is 11.1 Å². The Bertz CT molecular complexity index is 533. The lowest BCUT2D eigenvalue weighted by Gasteiger charge is -2.16. The highest BCUT2D eigenvalue weighted by Gasteiger charge is 2.02. The van der Waals surface area contributed by atoms with Gasteiger partial charge in [-0.05, 0) is 30.7 Å². The Hall–Kier alpha value is -1.64. The number of aryl methyl sites for hydroxylation is 1. The molecular weight excluding hydrogens is 246 g/mol. The van der Waals surface area contributed by atoms with Gasteiger partial charge < -0.3 is 4.74 Å². The van der Waals surface area contributed by atoms with Crippen LogP contribution in [0, 0.1) is 6.92 Å². The molecule has 0 bridgehead atoms. The van der Waals surface area contributed by atoms with Gasteiger partial charge in [0.1, 0.15) is 0 Å². The molecule has 2 aromatic rings. The first kappa shape index (κ1) is 14.8. The third-order valence-electron chi connectivity index (χ3n) is 3.43. The van der Waals surface area contributed by atoms with Crippen LogP contribution in [0.15, 0.2) is 48.5 Å². The molecule has 2 nitrogen and oxygen atoms in total. The lowest BCUT2D eigenvalue weighted by atomic mass is 10.0. The van der Waals surface area contributed by atoms with E-state index in [0.29, 0.717) is 0 Å². The van der Waals surface area contributed by atoms with Crippen molar-refractivity contribution in [3.8, 4) is 11.1 Å². The number of methoxy groups -OCH3 is 1. The average molecular weight is 269 g/mol. The molecule has 0 aliphatic rings.